The highest BCUT2D eigenvalue weighted by Gasteiger charge is 2.10. The molecule has 94 valence electrons. The maximum atomic E-state index is 11.5. The molecule has 6 nitrogen and oxygen atoms in total. The maximum absolute atomic E-state index is 11.5. The van der Waals surface area contributed by atoms with Crippen molar-refractivity contribution in [3.63, 3.8) is 0 Å². The van der Waals surface area contributed by atoms with Gasteiger partial charge in [0.25, 0.3) is 0 Å². The lowest BCUT2D eigenvalue weighted by Gasteiger charge is -2.06. The first-order valence-electron chi connectivity index (χ1n) is 5.30. The van der Waals surface area contributed by atoms with Gasteiger partial charge in [-0.05, 0) is 36.9 Å². The van der Waals surface area contributed by atoms with Crippen LogP contribution in [0.5, 0.6) is 0 Å². The summed E-state index contributed by atoms with van der Waals surface area (Å²) in [6.07, 6.45) is 1.42. The van der Waals surface area contributed by atoms with Crippen molar-refractivity contribution in [2.75, 3.05) is 12.3 Å². The lowest BCUT2D eigenvalue weighted by atomic mass is 10.2. The molecule has 0 spiro atoms. The second kappa shape index (κ2) is 5.54. The molecule has 1 heterocycles. The summed E-state index contributed by atoms with van der Waals surface area (Å²) in [4.78, 5) is 16.3. The molecule has 7 heteroatoms. The molecule has 0 atom stereocenters. The van der Waals surface area contributed by atoms with Crippen LogP contribution in [0.3, 0.4) is 0 Å². The molecule has 0 unspecified atom stereocenters. The van der Waals surface area contributed by atoms with Crippen LogP contribution in [0.15, 0.2) is 34.6 Å². The Morgan fingerprint density at radius 2 is 2.39 bits per heavy atom. The number of nitrogens with two attached hydrogens (primary N) is 1. The molecule has 0 aliphatic rings. The third kappa shape index (κ3) is 2.80. The maximum Gasteiger partial charge on any atom is 0.338 e. The van der Waals surface area contributed by atoms with Crippen LogP contribution in [0.2, 0.25) is 0 Å². The van der Waals surface area contributed by atoms with Gasteiger partial charge in [0.05, 0.1) is 12.2 Å². The summed E-state index contributed by atoms with van der Waals surface area (Å²) in [5.41, 5.74) is 6.82. The predicted octanol–water partition coefficient (Wildman–Crippen LogP) is 1.71. The summed E-state index contributed by atoms with van der Waals surface area (Å²) in [6, 6.07) is 5.03. The number of hydrogen-bond acceptors (Lipinski definition) is 6. The summed E-state index contributed by atoms with van der Waals surface area (Å²) in [5, 5.41) is 7.12. The fourth-order valence-electron chi connectivity index (χ4n) is 1.33. The number of H-pyrrole nitrogens is 1. The van der Waals surface area contributed by atoms with Crippen LogP contribution in [0.25, 0.3) is 0 Å². The highest BCUT2D eigenvalue weighted by molar-refractivity contribution is 7.99. The van der Waals surface area contributed by atoms with Crippen LogP contribution in [0.1, 0.15) is 17.3 Å². The number of nitrogens with one attached hydrogen (secondary N) is 1. The van der Waals surface area contributed by atoms with Crippen molar-refractivity contribution in [2.45, 2.75) is 17.0 Å². The highest BCUT2D eigenvalue weighted by Crippen LogP contribution is 2.30. The number of benzene rings is 1. The average Bonchev–Trinajstić information content (AvgIpc) is 2.85. The Balaban J connectivity index is 2.17. The van der Waals surface area contributed by atoms with Crippen molar-refractivity contribution in [1.82, 2.24) is 15.2 Å². The van der Waals surface area contributed by atoms with E-state index in [1.54, 1.807) is 25.1 Å². The molecule has 0 bridgehead atoms. The van der Waals surface area contributed by atoms with E-state index in [0.717, 1.165) is 4.90 Å². The first kappa shape index (κ1) is 12.4. The van der Waals surface area contributed by atoms with Gasteiger partial charge in [-0.2, -0.15) is 5.10 Å². The fraction of sp³-hybridized carbons (Fsp3) is 0.182. The second-order valence-electron chi connectivity index (χ2n) is 3.37. The Kier molecular flexibility index (Phi) is 3.83. The quantitative estimate of drug-likeness (QED) is 0.645. The minimum atomic E-state index is -0.375. The van der Waals surface area contributed by atoms with Gasteiger partial charge in [0.15, 0.2) is 5.16 Å². The molecule has 0 fully saturated rings. The number of esters is 1. The molecule has 0 aliphatic heterocycles. The lowest BCUT2D eigenvalue weighted by molar-refractivity contribution is 0.0526. The van der Waals surface area contributed by atoms with E-state index in [4.69, 9.17) is 10.5 Å². The topological polar surface area (TPSA) is 93.9 Å². The number of ether oxygens (including phenoxy) is 1. The molecule has 18 heavy (non-hydrogen) atoms. The molecule has 1 aromatic carbocycles. The van der Waals surface area contributed by atoms with Crippen molar-refractivity contribution in [3.05, 3.63) is 30.1 Å². The third-order valence-corrected chi connectivity index (χ3v) is 3.10. The van der Waals surface area contributed by atoms with Gasteiger partial charge in [-0.15, -0.1) is 0 Å². The lowest BCUT2D eigenvalue weighted by Crippen LogP contribution is -2.05. The molecule has 0 radical (unpaired) electrons. The van der Waals surface area contributed by atoms with E-state index in [1.807, 2.05) is 0 Å². The van der Waals surface area contributed by atoms with E-state index in [0.29, 0.717) is 23.0 Å². The number of aromatic nitrogens is 3. The zero-order valence-corrected chi connectivity index (χ0v) is 10.5. The van der Waals surface area contributed by atoms with E-state index < -0.39 is 0 Å². The molecule has 3 N–H and O–H groups in total. The van der Waals surface area contributed by atoms with Gasteiger partial charge in [0.1, 0.15) is 6.33 Å². The summed E-state index contributed by atoms with van der Waals surface area (Å²) >= 11 is 1.35. The predicted molar refractivity (Wildman–Crippen MR) is 67.3 cm³/mol. The SMILES string of the molecule is CCOC(=O)c1ccc(Sc2ncn[nH]2)c(N)c1. The number of nitrogens with zero attached hydrogens (tertiary/aromatic N) is 2. The number of carbonyl (C=O) groups excluding carboxylic acids is 1. The average molecular weight is 264 g/mol. The standard InChI is InChI=1S/C11H12N4O2S/c1-2-17-10(16)7-3-4-9(8(12)5-7)18-11-13-6-14-15-11/h3-6H,2,12H2,1H3,(H,13,14,15). The Bertz CT molecular complexity index is 542. The van der Waals surface area contributed by atoms with E-state index in [9.17, 15) is 4.79 Å². The van der Waals surface area contributed by atoms with Gasteiger partial charge in [-0.25, -0.2) is 9.78 Å². The Morgan fingerprint density at radius 3 is 3.00 bits per heavy atom. The summed E-state index contributed by atoms with van der Waals surface area (Å²) in [5.74, 6) is -0.375. The molecule has 2 aromatic rings. The highest BCUT2D eigenvalue weighted by atomic mass is 32.2. The van der Waals surface area contributed by atoms with Crippen LogP contribution in [-0.2, 0) is 4.74 Å². The van der Waals surface area contributed by atoms with Crippen molar-refractivity contribution in [2.24, 2.45) is 0 Å². The van der Waals surface area contributed by atoms with Crippen LogP contribution in [0, 0.1) is 0 Å². The molecule has 0 amide bonds. The molecule has 1 aromatic heterocycles. The van der Waals surface area contributed by atoms with Crippen molar-refractivity contribution >= 4 is 23.4 Å². The first-order chi connectivity index (χ1) is 8.70. The van der Waals surface area contributed by atoms with Crippen molar-refractivity contribution in [1.29, 1.82) is 0 Å². The molecule has 0 saturated carbocycles. The van der Waals surface area contributed by atoms with Gasteiger partial charge in [-0.3, -0.25) is 5.10 Å². The van der Waals surface area contributed by atoms with Crippen LogP contribution in [-0.4, -0.2) is 27.8 Å². The zero-order valence-electron chi connectivity index (χ0n) is 9.71. The number of carbonyl (C=O) groups is 1. The van der Waals surface area contributed by atoms with Crippen LogP contribution >= 0.6 is 11.8 Å². The molecule has 0 aliphatic carbocycles. The number of nitrogen functional groups attached to an aromatic ring is 1. The van der Waals surface area contributed by atoms with Gasteiger partial charge >= 0.3 is 5.97 Å². The minimum Gasteiger partial charge on any atom is -0.462 e. The molecular weight excluding hydrogens is 252 g/mol. The summed E-state index contributed by atoms with van der Waals surface area (Å²) in [7, 11) is 0. The van der Waals surface area contributed by atoms with Gasteiger partial charge < -0.3 is 10.5 Å². The molecule has 0 saturated heterocycles. The number of rotatable bonds is 4. The van der Waals surface area contributed by atoms with Crippen molar-refractivity contribution < 1.29 is 9.53 Å². The number of hydrogen-bond donors (Lipinski definition) is 2. The summed E-state index contributed by atoms with van der Waals surface area (Å²) < 4.78 is 4.90. The second-order valence-corrected chi connectivity index (χ2v) is 4.40. The molecular formula is C11H12N4O2S. The van der Waals surface area contributed by atoms with Crippen LogP contribution < -0.4 is 5.73 Å². The Labute approximate surface area is 108 Å². The third-order valence-electron chi connectivity index (χ3n) is 2.12. The van der Waals surface area contributed by atoms with E-state index in [2.05, 4.69) is 15.2 Å². The van der Waals surface area contributed by atoms with E-state index >= 15 is 0 Å². The van der Waals surface area contributed by atoms with Gasteiger partial charge in [0.2, 0.25) is 0 Å². The smallest absolute Gasteiger partial charge is 0.338 e. The van der Waals surface area contributed by atoms with Crippen molar-refractivity contribution in [3.8, 4) is 0 Å². The van der Waals surface area contributed by atoms with Gasteiger partial charge in [-0.1, -0.05) is 0 Å². The normalized spacial score (nSPS) is 10.3. The Morgan fingerprint density at radius 1 is 1.56 bits per heavy atom. The number of anilines is 1. The Hall–Kier alpha value is -2.02. The summed E-state index contributed by atoms with van der Waals surface area (Å²) in [6.45, 7) is 2.10. The van der Waals surface area contributed by atoms with Crippen LogP contribution in [0.4, 0.5) is 5.69 Å². The first-order valence-corrected chi connectivity index (χ1v) is 6.12. The van der Waals surface area contributed by atoms with E-state index in [1.165, 1.54) is 18.1 Å². The number of aromatic amines is 1. The zero-order chi connectivity index (χ0) is 13.0. The molecule has 2 rings (SSSR count). The largest absolute Gasteiger partial charge is 0.462 e. The monoisotopic (exact) mass is 264 g/mol. The fourth-order valence-corrected chi connectivity index (χ4v) is 2.05. The van der Waals surface area contributed by atoms with Gasteiger partial charge in [0, 0.05) is 10.6 Å². The minimum absolute atomic E-state index is 0.341. The van der Waals surface area contributed by atoms with E-state index in [-0.39, 0.29) is 5.97 Å².